The van der Waals surface area contributed by atoms with Crippen LogP contribution >= 0.6 is 23.8 Å². The fourth-order valence-corrected chi connectivity index (χ4v) is 3.01. The summed E-state index contributed by atoms with van der Waals surface area (Å²) in [7, 11) is 1.61. The first-order valence-corrected chi connectivity index (χ1v) is 8.66. The van der Waals surface area contributed by atoms with Crippen molar-refractivity contribution in [1.29, 1.82) is 0 Å². The second-order valence-electron chi connectivity index (χ2n) is 5.60. The monoisotopic (exact) mass is 399 g/mol. The van der Waals surface area contributed by atoms with Gasteiger partial charge in [0.2, 0.25) is 0 Å². The maximum absolute atomic E-state index is 6.29. The molecule has 0 aliphatic rings. The number of H-pyrrole nitrogens is 1. The number of aromatic nitrogens is 6. The first kappa shape index (κ1) is 17.3. The number of benzene rings is 2. The van der Waals surface area contributed by atoms with Gasteiger partial charge in [0.1, 0.15) is 5.75 Å². The van der Waals surface area contributed by atoms with Crippen LogP contribution < -0.4 is 10.5 Å². The van der Waals surface area contributed by atoms with E-state index in [9.17, 15) is 0 Å². The predicted octanol–water partition coefficient (Wildman–Crippen LogP) is 3.42. The van der Waals surface area contributed by atoms with E-state index < -0.39 is 0 Å². The van der Waals surface area contributed by atoms with Gasteiger partial charge in [0.05, 0.1) is 18.5 Å². The van der Waals surface area contributed by atoms with Gasteiger partial charge in [0, 0.05) is 5.02 Å². The maximum Gasteiger partial charge on any atom is 0.200 e. The lowest BCUT2D eigenvalue weighted by Crippen LogP contribution is -2.03. The zero-order valence-electron chi connectivity index (χ0n) is 14.1. The van der Waals surface area contributed by atoms with Gasteiger partial charge in [-0.25, -0.2) is 0 Å². The molecule has 136 valence electrons. The maximum atomic E-state index is 6.29. The molecule has 27 heavy (non-hydrogen) atoms. The molecule has 0 unspecified atom stereocenters. The van der Waals surface area contributed by atoms with Crippen molar-refractivity contribution in [3.63, 3.8) is 0 Å². The van der Waals surface area contributed by atoms with Crippen molar-refractivity contribution >= 4 is 29.6 Å². The quantitative estimate of drug-likeness (QED) is 0.510. The molecular formula is C17H14ClN7OS. The van der Waals surface area contributed by atoms with Crippen molar-refractivity contribution in [2.24, 2.45) is 0 Å². The molecule has 4 aromatic rings. The number of nitrogens with one attached hydrogen (secondary N) is 1. The van der Waals surface area contributed by atoms with E-state index in [1.54, 1.807) is 35.9 Å². The summed E-state index contributed by atoms with van der Waals surface area (Å²) in [6, 6.07) is 14.5. The molecule has 0 atom stereocenters. The Morgan fingerprint density at radius 2 is 1.74 bits per heavy atom. The number of hydrogen-bond acceptors (Lipinski definition) is 6. The van der Waals surface area contributed by atoms with E-state index >= 15 is 0 Å². The molecule has 3 N–H and O–H groups in total. The number of anilines is 1. The Bertz CT molecular complexity index is 1150. The minimum Gasteiger partial charge on any atom is -0.497 e. The molecule has 0 amide bonds. The highest BCUT2D eigenvalue weighted by Crippen LogP contribution is 2.27. The molecule has 0 saturated heterocycles. The van der Waals surface area contributed by atoms with Crippen LogP contribution in [0.3, 0.4) is 0 Å². The van der Waals surface area contributed by atoms with E-state index in [2.05, 4.69) is 20.5 Å². The van der Waals surface area contributed by atoms with Gasteiger partial charge < -0.3 is 10.5 Å². The molecule has 0 bridgehead atoms. The molecule has 0 saturated carbocycles. The highest BCUT2D eigenvalue weighted by atomic mass is 35.5. The average molecular weight is 400 g/mol. The minimum absolute atomic E-state index is 0.334. The van der Waals surface area contributed by atoms with Crippen molar-refractivity contribution in [1.82, 2.24) is 29.8 Å². The lowest BCUT2D eigenvalue weighted by atomic mass is 10.3. The average Bonchev–Trinajstić information content (AvgIpc) is 3.25. The van der Waals surface area contributed by atoms with Crippen LogP contribution in [0, 0.1) is 4.77 Å². The normalized spacial score (nSPS) is 10.9. The Morgan fingerprint density at radius 3 is 2.41 bits per heavy atom. The molecule has 2 heterocycles. The van der Waals surface area contributed by atoms with Crippen molar-refractivity contribution in [2.45, 2.75) is 0 Å². The SMILES string of the molecule is COc1ccc(-n2c(-c3nnn(-c4ccc(Cl)cc4)c3N)n[nH]c2=S)cc1. The second-order valence-corrected chi connectivity index (χ2v) is 6.42. The Labute approximate surface area is 164 Å². The number of nitrogens with two attached hydrogens (primary N) is 1. The number of nitrogens with zero attached hydrogens (tertiary/aromatic N) is 5. The van der Waals surface area contributed by atoms with Crippen LogP contribution in [0.4, 0.5) is 5.82 Å². The van der Waals surface area contributed by atoms with Gasteiger partial charge in [-0.05, 0) is 60.7 Å². The summed E-state index contributed by atoms with van der Waals surface area (Å²) < 4.78 is 8.86. The summed E-state index contributed by atoms with van der Waals surface area (Å²) in [5.41, 5.74) is 8.23. The topological polar surface area (TPSA) is 99.6 Å². The zero-order chi connectivity index (χ0) is 19.0. The lowest BCUT2D eigenvalue weighted by molar-refractivity contribution is 0.414. The largest absolute Gasteiger partial charge is 0.497 e. The fraction of sp³-hybridized carbons (Fsp3) is 0.0588. The standard InChI is InChI=1S/C17H14ClN7OS/c1-26-13-8-6-11(7-9-13)24-16(21-22-17(24)27)14-15(19)25(23-20-14)12-4-2-10(18)3-5-12/h2-9H,19H2,1H3,(H,22,27). The third-order valence-electron chi connectivity index (χ3n) is 3.99. The van der Waals surface area contributed by atoms with Crippen molar-refractivity contribution in [2.75, 3.05) is 12.8 Å². The van der Waals surface area contributed by atoms with Gasteiger partial charge in [-0.1, -0.05) is 16.8 Å². The summed E-state index contributed by atoms with van der Waals surface area (Å²) in [5, 5.41) is 16.0. The Balaban J connectivity index is 1.81. The minimum atomic E-state index is 0.334. The number of aromatic amines is 1. The van der Waals surface area contributed by atoms with E-state index in [4.69, 9.17) is 34.3 Å². The molecule has 0 spiro atoms. The number of methoxy groups -OCH3 is 1. The molecule has 2 aromatic carbocycles. The Hall–Kier alpha value is -3.17. The van der Waals surface area contributed by atoms with Crippen LogP contribution in [0.2, 0.25) is 5.02 Å². The third kappa shape index (κ3) is 3.07. The summed E-state index contributed by atoms with van der Waals surface area (Å²) in [5.74, 6) is 1.53. The zero-order valence-corrected chi connectivity index (χ0v) is 15.7. The van der Waals surface area contributed by atoms with E-state index in [0.717, 1.165) is 17.1 Å². The van der Waals surface area contributed by atoms with Gasteiger partial charge in [0.25, 0.3) is 0 Å². The predicted molar refractivity (Wildman–Crippen MR) is 105 cm³/mol. The van der Waals surface area contributed by atoms with Crippen molar-refractivity contribution in [3.8, 4) is 28.6 Å². The molecule has 4 rings (SSSR count). The highest BCUT2D eigenvalue weighted by Gasteiger charge is 2.20. The smallest absolute Gasteiger partial charge is 0.200 e. The number of nitrogen functional groups attached to an aromatic ring is 1. The van der Waals surface area contributed by atoms with Crippen LogP contribution in [0.25, 0.3) is 22.9 Å². The number of rotatable bonds is 4. The summed E-state index contributed by atoms with van der Waals surface area (Å²) in [6.45, 7) is 0. The molecule has 10 heteroatoms. The van der Waals surface area contributed by atoms with Gasteiger partial charge >= 0.3 is 0 Å². The molecule has 0 fully saturated rings. The summed E-state index contributed by atoms with van der Waals surface area (Å²) >= 11 is 11.3. The van der Waals surface area contributed by atoms with Gasteiger partial charge in [-0.3, -0.25) is 9.67 Å². The van der Waals surface area contributed by atoms with Gasteiger partial charge in [-0.15, -0.1) is 5.10 Å². The van der Waals surface area contributed by atoms with Gasteiger partial charge in [-0.2, -0.15) is 9.78 Å². The molecule has 0 radical (unpaired) electrons. The molecule has 0 aliphatic carbocycles. The van der Waals surface area contributed by atoms with Crippen LogP contribution in [-0.4, -0.2) is 36.9 Å². The van der Waals surface area contributed by atoms with Crippen LogP contribution in [0.15, 0.2) is 48.5 Å². The number of ether oxygens (including phenoxy) is 1. The first-order valence-electron chi connectivity index (χ1n) is 7.88. The van der Waals surface area contributed by atoms with Crippen molar-refractivity contribution < 1.29 is 4.74 Å². The molecular weight excluding hydrogens is 386 g/mol. The van der Waals surface area contributed by atoms with E-state index in [0.29, 0.717) is 27.1 Å². The number of hydrogen-bond donors (Lipinski definition) is 2. The summed E-state index contributed by atoms with van der Waals surface area (Å²) in [4.78, 5) is 0. The second kappa shape index (κ2) is 6.86. The van der Waals surface area contributed by atoms with E-state index in [1.807, 2.05) is 24.3 Å². The summed E-state index contributed by atoms with van der Waals surface area (Å²) in [6.07, 6.45) is 0. The van der Waals surface area contributed by atoms with Crippen LogP contribution in [-0.2, 0) is 0 Å². The van der Waals surface area contributed by atoms with E-state index in [1.165, 1.54) is 4.68 Å². The molecule has 8 nitrogen and oxygen atoms in total. The van der Waals surface area contributed by atoms with Gasteiger partial charge in [0.15, 0.2) is 22.1 Å². The first-order chi connectivity index (χ1) is 13.1. The van der Waals surface area contributed by atoms with Crippen molar-refractivity contribution in [3.05, 3.63) is 58.3 Å². The molecule has 2 aromatic heterocycles. The fourth-order valence-electron chi connectivity index (χ4n) is 2.65. The van der Waals surface area contributed by atoms with Crippen LogP contribution in [0.1, 0.15) is 0 Å². The highest BCUT2D eigenvalue weighted by molar-refractivity contribution is 7.71. The lowest BCUT2D eigenvalue weighted by Gasteiger charge is -2.07. The van der Waals surface area contributed by atoms with Crippen LogP contribution in [0.5, 0.6) is 5.75 Å². The Morgan fingerprint density at radius 1 is 1.07 bits per heavy atom. The number of halogens is 1. The molecule has 0 aliphatic heterocycles. The van der Waals surface area contributed by atoms with E-state index in [-0.39, 0.29) is 0 Å². The third-order valence-corrected chi connectivity index (χ3v) is 4.52. The Kier molecular flexibility index (Phi) is 4.38.